The largest absolute Gasteiger partial charge is 0.371 e. The van der Waals surface area contributed by atoms with Crippen LogP contribution in [0, 0.1) is 5.41 Å². The molecule has 2 fully saturated rings. The van der Waals surface area contributed by atoms with E-state index in [0.29, 0.717) is 6.54 Å². The predicted molar refractivity (Wildman–Crippen MR) is 92.9 cm³/mol. The minimum atomic E-state index is 0.599. The van der Waals surface area contributed by atoms with Crippen molar-refractivity contribution in [1.29, 1.82) is 0 Å². The second-order valence-electron chi connectivity index (χ2n) is 6.94. The van der Waals surface area contributed by atoms with Gasteiger partial charge in [-0.1, -0.05) is 30.3 Å². The molecule has 0 amide bonds. The minimum absolute atomic E-state index is 0.599. The lowest BCUT2D eigenvalue weighted by Crippen LogP contribution is -2.34. The average molecular weight is 292 g/mol. The van der Waals surface area contributed by atoms with E-state index in [9.17, 15) is 0 Å². The highest BCUT2D eigenvalue weighted by molar-refractivity contribution is 5.69. The predicted octanol–water partition coefficient (Wildman–Crippen LogP) is 4.19. The van der Waals surface area contributed by atoms with Gasteiger partial charge in [0.25, 0.3) is 0 Å². The molecule has 1 saturated carbocycles. The first-order valence-electron chi connectivity index (χ1n) is 8.42. The van der Waals surface area contributed by atoms with Crippen LogP contribution in [0.2, 0.25) is 0 Å². The van der Waals surface area contributed by atoms with Crippen LogP contribution in [-0.2, 0) is 6.54 Å². The molecule has 2 aromatic carbocycles. The van der Waals surface area contributed by atoms with E-state index in [-0.39, 0.29) is 0 Å². The topological polar surface area (TPSA) is 29.3 Å². The Kier molecular flexibility index (Phi) is 3.42. The highest BCUT2D eigenvalue weighted by atomic mass is 15.1. The molecule has 0 atom stereocenters. The van der Waals surface area contributed by atoms with Crippen molar-refractivity contribution in [3.63, 3.8) is 0 Å². The van der Waals surface area contributed by atoms with Crippen molar-refractivity contribution < 1.29 is 0 Å². The van der Waals surface area contributed by atoms with E-state index in [2.05, 4.69) is 53.4 Å². The van der Waals surface area contributed by atoms with Gasteiger partial charge in [0.05, 0.1) is 0 Å². The molecule has 1 saturated heterocycles. The number of rotatable bonds is 3. The van der Waals surface area contributed by atoms with E-state index >= 15 is 0 Å². The number of piperidine rings is 1. The molecule has 0 bridgehead atoms. The van der Waals surface area contributed by atoms with Gasteiger partial charge in [0.2, 0.25) is 0 Å². The van der Waals surface area contributed by atoms with E-state index in [1.165, 1.54) is 61.2 Å². The fourth-order valence-electron chi connectivity index (χ4n) is 3.68. The van der Waals surface area contributed by atoms with Gasteiger partial charge in [-0.15, -0.1) is 0 Å². The molecule has 1 aliphatic carbocycles. The number of anilines is 1. The Morgan fingerprint density at radius 2 is 1.55 bits per heavy atom. The molecule has 1 aliphatic heterocycles. The van der Waals surface area contributed by atoms with Crippen molar-refractivity contribution in [2.24, 2.45) is 11.1 Å². The SMILES string of the molecule is NCc1cccc(-c2cccc(N3CCC4(CC3)CC4)c2)c1. The summed E-state index contributed by atoms with van der Waals surface area (Å²) in [6.07, 6.45) is 5.68. The molecule has 4 rings (SSSR count). The molecule has 2 aliphatic rings. The second-order valence-corrected chi connectivity index (χ2v) is 6.94. The van der Waals surface area contributed by atoms with Crippen LogP contribution in [0.5, 0.6) is 0 Å². The van der Waals surface area contributed by atoms with Gasteiger partial charge in [-0.25, -0.2) is 0 Å². The molecule has 0 unspecified atom stereocenters. The number of nitrogens with zero attached hydrogens (tertiary/aromatic N) is 1. The van der Waals surface area contributed by atoms with E-state index < -0.39 is 0 Å². The molecule has 2 heteroatoms. The standard InChI is InChI=1S/C20H24N2/c21-15-16-3-1-4-17(13-16)18-5-2-6-19(14-18)22-11-9-20(7-8-20)10-12-22/h1-6,13-14H,7-12,15,21H2. The molecule has 2 aromatic rings. The summed E-state index contributed by atoms with van der Waals surface area (Å²) in [7, 11) is 0. The Morgan fingerprint density at radius 3 is 2.23 bits per heavy atom. The number of benzene rings is 2. The van der Waals surface area contributed by atoms with Crippen molar-refractivity contribution in [2.45, 2.75) is 32.2 Å². The monoisotopic (exact) mass is 292 g/mol. The van der Waals surface area contributed by atoms with Crippen LogP contribution in [0.4, 0.5) is 5.69 Å². The zero-order chi connectivity index (χ0) is 15.0. The molecule has 2 N–H and O–H groups in total. The van der Waals surface area contributed by atoms with Crippen LogP contribution in [0.25, 0.3) is 11.1 Å². The number of hydrogen-bond acceptors (Lipinski definition) is 2. The highest BCUT2D eigenvalue weighted by Gasteiger charge is 2.44. The second kappa shape index (κ2) is 5.44. The third-order valence-corrected chi connectivity index (χ3v) is 5.49. The quantitative estimate of drug-likeness (QED) is 0.919. The maximum atomic E-state index is 5.77. The van der Waals surface area contributed by atoms with Crippen molar-refractivity contribution in [1.82, 2.24) is 0 Å². The molecule has 22 heavy (non-hydrogen) atoms. The summed E-state index contributed by atoms with van der Waals surface area (Å²) in [5.41, 5.74) is 11.6. The molecule has 2 nitrogen and oxygen atoms in total. The van der Waals surface area contributed by atoms with Crippen LogP contribution in [0.15, 0.2) is 48.5 Å². The fraction of sp³-hybridized carbons (Fsp3) is 0.400. The lowest BCUT2D eigenvalue weighted by atomic mass is 9.93. The van der Waals surface area contributed by atoms with Crippen LogP contribution in [-0.4, -0.2) is 13.1 Å². The highest BCUT2D eigenvalue weighted by Crippen LogP contribution is 2.53. The van der Waals surface area contributed by atoms with Gasteiger partial charge in [-0.3, -0.25) is 0 Å². The first-order chi connectivity index (χ1) is 10.8. The third-order valence-electron chi connectivity index (χ3n) is 5.49. The van der Waals surface area contributed by atoms with Crippen molar-refractivity contribution in [3.05, 3.63) is 54.1 Å². The zero-order valence-corrected chi connectivity index (χ0v) is 13.1. The summed E-state index contributed by atoms with van der Waals surface area (Å²) in [4.78, 5) is 2.56. The van der Waals surface area contributed by atoms with Gasteiger partial charge in [-0.2, -0.15) is 0 Å². The van der Waals surface area contributed by atoms with Gasteiger partial charge in [-0.05, 0) is 66.0 Å². The summed E-state index contributed by atoms with van der Waals surface area (Å²) in [6.45, 7) is 3.03. The number of nitrogens with two attached hydrogens (primary N) is 1. The molecule has 1 spiro atoms. The van der Waals surface area contributed by atoms with Gasteiger partial charge in [0.1, 0.15) is 0 Å². The fourth-order valence-corrected chi connectivity index (χ4v) is 3.68. The first-order valence-corrected chi connectivity index (χ1v) is 8.42. The summed E-state index contributed by atoms with van der Waals surface area (Å²) in [5.74, 6) is 0. The maximum absolute atomic E-state index is 5.77. The molecule has 0 radical (unpaired) electrons. The first kappa shape index (κ1) is 13.8. The molecular weight excluding hydrogens is 268 g/mol. The van der Waals surface area contributed by atoms with Crippen LogP contribution in [0.1, 0.15) is 31.2 Å². The van der Waals surface area contributed by atoms with E-state index in [1.807, 2.05) is 0 Å². The number of hydrogen-bond donors (Lipinski definition) is 1. The maximum Gasteiger partial charge on any atom is 0.0372 e. The molecule has 1 heterocycles. The lowest BCUT2D eigenvalue weighted by molar-refractivity contribution is 0.384. The van der Waals surface area contributed by atoms with Crippen molar-refractivity contribution in [2.75, 3.05) is 18.0 Å². The van der Waals surface area contributed by atoms with Crippen molar-refractivity contribution in [3.8, 4) is 11.1 Å². The van der Waals surface area contributed by atoms with Gasteiger partial charge in [0.15, 0.2) is 0 Å². The molecule has 0 aromatic heterocycles. The summed E-state index contributed by atoms with van der Waals surface area (Å²) in [6, 6.07) is 17.5. The van der Waals surface area contributed by atoms with Gasteiger partial charge >= 0.3 is 0 Å². The average Bonchev–Trinajstić information content (AvgIpc) is 3.35. The normalized spacial score (nSPS) is 19.4. The Morgan fingerprint density at radius 1 is 0.864 bits per heavy atom. The van der Waals surface area contributed by atoms with Gasteiger partial charge < -0.3 is 10.6 Å². The Hall–Kier alpha value is -1.80. The van der Waals surface area contributed by atoms with Crippen molar-refractivity contribution >= 4 is 5.69 Å². The van der Waals surface area contributed by atoms with Crippen LogP contribution in [0.3, 0.4) is 0 Å². The zero-order valence-electron chi connectivity index (χ0n) is 13.1. The Balaban J connectivity index is 1.57. The summed E-state index contributed by atoms with van der Waals surface area (Å²) < 4.78 is 0. The summed E-state index contributed by atoms with van der Waals surface area (Å²) >= 11 is 0. The lowest BCUT2D eigenvalue weighted by Gasteiger charge is -2.34. The van der Waals surface area contributed by atoms with Gasteiger partial charge in [0, 0.05) is 25.3 Å². The molecule has 114 valence electrons. The van der Waals surface area contributed by atoms with E-state index in [1.54, 1.807) is 0 Å². The Labute approximate surface area is 132 Å². The Bertz CT molecular complexity index is 663. The minimum Gasteiger partial charge on any atom is -0.371 e. The smallest absolute Gasteiger partial charge is 0.0372 e. The summed E-state index contributed by atoms with van der Waals surface area (Å²) in [5, 5.41) is 0. The third kappa shape index (κ3) is 2.64. The molecular formula is C20H24N2. The van der Waals surface area contributed by atoms with Crippen LogP contribution < -0.4 is 10.6 Å². The van der Waals surface area contributed by atoms with Crippen LogP contribution >= 0.6 is 0 Å². The van der Waals surface area contributed by atoms with E-state index in [4.69, 9.17) is 5.73 Å². The van der Waals surface area contributed by atoms with E-state index in [0.717, 1.165) is 5.41 Å².